The molecule has 1 fully saturated rings. The standard InChI is InChI=1S/C12H12Br2ClNO2/c1-18-10-4-8(13)3-9(14)12(10)16-6-7(5-15)2-11(16)17/h3-4,7H,2,5-6H2,1H3. The molecular weight excluding hydrogens is 385 g/mol. The third-order valence-electron chi connectivity index (χ3n) is 2.91. The number of halogens is 3. The third-order valence-corrected chi connectivity index (χ3v) is 4.41. The zero-order chi connectivity index (χ0) is 13.3. The summed E-state index contributed by atoms with van der Waals surface area (Å²) in [7, 11) is 1.59. The normalized spacial score (nSPS) is 19.4. The van der Waals surface area contributed by atoms with Gasteiger partial charge in [-0.15, -0.1) is 11.6 Å². The number of ether oxygens (including phenoxy) is 1. The van der Waals surface area contributed by atoms with E-state index in [9.17, 15) is 4.79 Å². The van der Waals surface area contributed by atoms with Gasteiger partial charge in [0.05, 0.1) is 7.11 Å². The first-order valence-electron chi connectivity index (χ1n) is 5.46. The van der Waals surface area contributed by atoms with Gasteiger partial charge in [-0.25, -0.2) is 0 Å². The molecule has 1 atom stereocenters. The minimum Gasteiger partial charge on any atom is -0.494 e. The highest BCUT2D eigenvalue weighted by Gasteiger charge is 2.32. The maximum Gasteiger partial charge on any atom is 0.227 e. The van der Waals surface area contributed by atoms with Crippen LogP contribution in [0.2, 0.25) is 0 Å². The number of amides is 1. The number of carbonyl (C=O) groups is 1. The Hall–Kier alpha value is -0.260. The molecule has 0 N–H and O–H groups in total. The molecule has 98 valence electrons. The van der Waals surface area contributed by atoms with Crippen molar-refractivity contribution in [2.75, 3.05) is 24.4 Å². The van der Waals surface area contributed by atoms with Crippen molar-refractivity contribution in [2.45, 2.75) is 6.42 Å². The van der Waals surface area contributed by atoms with Gasteiger partial charge < -0.3 is 9.64 Å². The van der Waals surface area contributed by atoms with E-state index in [4.69, 9.17) is 16.3 Å². The molecular formula is C12H12Br2ClNO2. The van der Waals surface area contributed by atoms with Crippen LogP contribution in [0.3, 0.4) is 0 Å². The monoisotopic (exact) mass is 395 g/mol. The van der Waals surface area contributed by atoms with E-state index >= 15 is 0 Å². The lowest BCUT2D eigenvalue weighted by Gasteiger charge is -2.21. The average molecular weight is 397 g/mol. The predicted molar refractivity (Wildman–Crippen MR) is 79.6 cm³/mol. The summed E-state index contributed by atoms with van der Waals surface area (Å²) in [5, 5.41) is 0. The molecule has 1 saturated heterocycles. The van der Waals surface area contributed by atoms with Gasteiger partial charge in [0.15, 0.2) is 0 Å². The summed E-state index contributed by atoms with van der Waals surface area (Å²) in [5.74, 6) is 1.46. The van der Waals surface area contributed by atoms with Gasteiger partial charge in [-0.1, -0.05) is 15.9 Å². The second-order valence-electron chi connectivity index (χ2n) is 4.17. The Morgan fingerprint density at radius 2 is 2.22 bits per heavy atom. The molecule has 1 aliphatic heterocycles. The number of anilines is 1. The first-order valence-corrected chi connectivity index (χ1v) is 7.58. The van der Waals surface area contributed by atoms with Crippen LogP contribution < -0.4 is 9.64 Å². The number of hydrogen-bond acceptors (Lipinski definition) is 2. The van der Waals surface area contributed by atoms with Crippen molar-refractivity contribution in [1.82, 2.24) is 0 Å². The van der Waals surface area contributed by atoms with E-state index in [1.165, 1.54) is 0 Å². The lowest BCUT2D eigenvalue weighted by molar-refractivity contribution is -0.117. The molecule has 2 rings (SSSR count). The van der Waals surface area contributed by atoms with E-state index in [2.05, 4.69) is 31.9 Å². The molecule has 0 spiro atoms. The molecule has 1 aromatic carbocycles. The van der Waals surface area contributed by atoms with Crippen LogP contribution in [0.1, 0.15) is 6.42 Å². The lowest BCUT2D eigenvalue weighted by atomic mass is 10.1. The molecule has 0 radical (unpaired) electrons. The van der Waals surface area contributed by atoms with Crippen molar-refractivity contribution >= 4 is 55.1 Å². The van der Waals surface area contributed by atoms with Crippen molar-refractivity contribution in [3.05, 3.63) is 21.1 Å². The Morgan fingerprint density at radius 3 is 2.78 bits per heavy atom. The number of hydrogen-bond donors (Lipinski definition) is 0. The van der Waals surface area contributed by atoms with E-state index in [1.54, 1.807) is 12.0 Å². The first-order chi connectivity index (χ1) is 8.56. The molecule has 3 nitrogen and oxygen atoms in total. The van der Waals surface area contributed by atoms with Crippen LogP contribution in [0, 0.1) is 5.92 Å². The van der Waals surface area contributed by atoms with E-state index < -0.39 is 0 Å². The second kappa shape index (κ2) is 5.80. The van der Waals surface area contributed by atoms with Crippen LogP contribution in [0.15, 0.2) is 21.1 Å². The van der Waals surface area contributed by atoms with E-state index in [0.717, 1.165) is 14.6 Å². The predicted octanol–water partition coefficient (Wildman–Crippen LogP) is 3.81. The number of carbonyl (C=O) groups excluding carboxylic acids is 1. The van der Waals surface area contributed by atoms with Gasteiger partial charge in [0.1, 0.15) is 11.4 Å². The molecule has 1 amide bonds. The Bertz CT molecular complexity index is 481. The van der Waals surface area contributed by atoms with Gasteiger partial charge in [0.25, 0.3) is 0 Å². The Labute approximate surface area is 128 Å². The zero-order valence-corrected chi connectivity index (χ0v) is 13.7. The Morgan fingerprint density at radius 1 is 1.50 bits per heavy atom. The molecule has 6 heteroatoms. The van der Waals surface area contributed by atoms with Crippen LogP contribution in [-0.2, 0) is 4.79 Å². The van der Waals surface area contributed by atoms with Crippen molar-refractivity contribution < 1.29 is 9.53 Å². The van der Waals surface area contributed by atoms with E-state index in [-0.39, 0.29) is 11.8 Å². The van der Waals surface area contributed by atoms with Gasteiger partial charge in [0, 0.05) is 27.8 Å². The Balaban J connectivity index is 2.42. The van der Waals surface area contributed by atoms with Gasteiger partial charge in [-0.3, -0.25) is 4.79 Å². The number of alkyl halides is 1. The number of nitrogens with zero attached hydrogens (tertiary/aromatic N) is 1. The van der Waals surface area contributed by atoms with Gasteiger partial charge >= 0.3 is 0 Å². The molecule has 18 heavy (non-hydrogen) atoms. The largest absolute Gasteiger partial charge is 0.494 e. The maximum atomic E-state index is 12.0. The summed E-state index contributed by atoms with van der Waals surface area (Å²) in [6.45, 7) is 0.638. The molecule has 1 heterocycles. The molecule has 0 aliphatic carbocycles. The topological polar surface area (TPSA) is 29.5 Å². The maximum absolute atomic E-state index is 12.0. The summed E-state index contributed by atoms with van der Waals surface area (Å²) < 4.78 is 7.08. The summed E-state index contributed by atoms with van der Waals surface area (Å²) in [6, 6.07) is 3.75. The smallest absolute Gasteiger partial charge is 0.227 e. The summed E-state index contributed by atoms with van der Waals surface area (Å²) in [4.78, 5) is 13.8. The van der Waals surface area contributed by atoms with Gasteiger partial charge in [-0.05, 0) is 34.0 Å². The fourth-order valence-electron chi connectivity index (χ4n) is 2.06. The molecule has 0 bridgehead atoms. The number of benzene rings is 1. The fourth-order valence-corrected chi connectivity index (χ4v) is 3.67. The van der Waals surface area contributed by atoms with Crippen LogP contribution in [0.5, 0.6) is 5.75 Å². The molecule has 1 aliphatic rings. The van der Waals surface area contributed by atoms with E-state index in [1.807, 2.05) is 12.1 Å². The third kappa shape index (κ3) is 2.68. The minimum atomic E-state index is 0.0852. The fraction of sp³-hybridized carbons (Fsp3) is 0.417. The zero-order valence-electron chi connectivity index (χ0n) is 9.75. The summed E-state index contributed by atoms with van der Waals surface area (Å²) in [6.07, 6.45) is 0.495. The quantitative estimate of drug-likeness (QED) is 0.726. The highest BCUT2D eigenvalue weighted by Crippen LogP contribution is 2.41. The minimum absolute atomic E-state index is 0.0852. The average Bonchev–Trinajstić information content (AvgIpc) is 2.69. The van der Waals surface area contributed by atoms with Crippen LogP contribution in [0.25, 0.3) is 0 Å². The van der Waals surface area contributed by atoms with Crippen LogP contribution >= 0.6 is 43.5 Å². The number of methoxy groups -OCH3 is 1. The van der Waals surface area contributed by atoms with E-state index in [0.29, 0.717) is 24.6 Å². The SMILES string of the molecule is COc1cc(Br)cc(Br)c1N1CC(CCl)CC1=O. The number of rotatable bonds is 3. The van der Waals surface area contributed by atoms with Gasteiger partial charge in [0.2, 0.25) is 5.91 Å². The first kappa shape index (κ1) is 14.2. The molecule has 0 aromatic heterocycles. The molecule has 1 unspecified atom stereocenters. The highest BCUT2D eigenvalue weighted by atomic mass is 79.9. The summed E-state index contributed by atoms with van der Waals surface area (Å²) >= 11 is 12.7. The lowest BCUT2D eigenvalue weighted by Crippen LogP contribution is -2.25. The Kier molecular flexibility index (Phi) is 4.56. The highest BCUT2D eigenvalue weighted by molar-refractivity contribution is 9.11. The van der Waals surface area contributed by atoms with Crippen molar-refractivity contribution in [3.63, 3.8) is 0 Å². The van der Waals surface area contributed by atoms with Gasteiger partial charge in [-0.2, -0.15) is 0 Å². The molecule has 1 aromatic rings. The van der Waals surface area contributed by atoms with Crippen molar-refractivity contribution in [2.24, 2.45) is 5.92 Å². The van der Waals surface area contributed by atoms with Crippen LogP contribution in [0.4, 0.5) is 5.69 Å². The van der Waals surface area contributed by atoms with Crippen LogP contribution in [-0.4, -0.2) is 25.4 Å². The summed E-state index contributed by atoms with van der Waals surface area (Å²) in [5.41, 5.74) is 0.776. The van der Waals surface area contributed by atoms with Crippen molar-refractivity contribution in [1.29, 1.82) is 0 Å². The van der Waals surface area contributed by atoms with Crippen molar-refractivity contribution in [3.8, 4) is 5.75 Å². The molecule has 0 saturated carbocycles. The second-order valence-corrected chi connectivity index (χ2v) is 6.25.